The quantitative estimate of drug-likeness (QED) is 0.732. The Bertz CT molecular complexity index is 299. The summed E-state index contributed by atoms with van der Waals surface area (Å²) >= 11 is 0. The zero-order valence-electron chi connectivity index (χ0n) is 7.28. The molecule has 0 spiro atoms. The van der Waals surface area contributed by atoms with Crippen molar-refractivity contribution in [3.63, 3.8) is 0 Å². The van der Waals surface area contributed by atoms with Gasteiger partial charge in [-0.3, -0.25) is 0 Å². The number of nitrogens with one attached hydrogen (secondary N) is 1. The molecule has 2 N–H and O–H groups in total. The summed E-state index contributed by atoms with van der Waals surface area (Å²) in [7, 11) is 1.75. The Labute approximate surface area is 76.1 Å². The Kier molecular flexibility index (Phi) is 3.14. The van der Waals surface area contributed by atoms with E-state index in [0.717, 1.165) is 5.69 Å². The number of rotatable bonds is 4. The number of carboxylic acids is 1. The van der Waals surface area contributed by atoms with Crippen LogP contribution in [0.3, 0.4) is 0 Å². The minimum atomic E-state index is -0.981. The van der Waals surface area contributed by atoms with E-state index in [4.69, 9.17) is 9.84 Å². The molecule has 0 aliphatic rings. The smallest absolute Gasteiger partial charge is 0.341 e. The van der Waals surface area contributed by atoms with E-state index >= 15 is 0 Å². The van der Waals surface area contributed by atoms with Crippen LogP contribution in [0.5, 0.6) is 5.75 Å². The topological polar surface area (TPSA) is 58.6 Å². The van der Waals surface area contributed by atoms with Crippen molar-refractivity contribution in [3.8, 4) is 5.75 Å². The van der Waals surface area contributed by atoms with Crippen LogP contribution in [-0.2, 0) is 4.79 Å². The zero-order chi connectivity index (χ0) is 9.68. The second-order valence-electron chi connectivity index (χ2n) is 2.43. The van der Waals surface area contributed by atoms with Gasteiger partial charge in [-0.05, 0) is 12.1 Å². The normalized spacial score (nSPS) is 9.31. The number of benzene rings is 1. The molecule has 0 fully saturated rings. The lowest BCUT2D eigenvalue weighted by Crippen LogP contribution is -2.10. The van der Waals surface area contributed by atoms with Crippen molar-refractivity contribution in [2.24, 2.45) is 0 Å². The Morgan fingerprint density at radius 3 is 2.85 bits per heavy atom. The third-order valence-corrected chi connectivity index (χ3v) is 1.51. The Morgan fingerprint density at radius 1 is 1.54 bits per heavy atom. The van der Waals surface area contributed by atoms with Crippen LogP contribution >= 0.6 is 0 Å². The standard InChI is InChI=1S/C9H11NO3/c1-10-7-4-2-3-5-8(7)13-6-9(11)12/h2-5,10H,6H2,1H3,(H,11,12). The summed E-state index contributed by atoms with van der Waals surface area (Å²) in [6.07, 6.45) is 0. The maximum absolute atomic E-state index is 10.2. The molecule has 1 rings (SSSR count). The predicted molar refractivity (Wildman–Crippen MR) is 49.1 cm³/mol. The highest BCUT2D eigenvalue weighted by Gasteiger charge is 2.02. The molecule has 0 heterocycles. The minimum Gasteiger partial charge on any atom is -0.480 e. The molecule has 0 aromatic heterocycles. The highest BCUT2D eigenvalue weighted by Crippen LogP contribution is 2.22. The molecule has 1 aromatic carbocycles. The van der Waals surface area contributed by atoms with Crippen LogP contribution in [-0.4, -0.2) is 24.7 Å². The molecule has 0 atom stereocenters. The van der Waals surface area contributed by atoms with Gasteiger partial charge in [-0.1, -0.05) is 12.1 Å². The molecule has 0 amide bonds. The SMILES string of the molecule is CNc1ccccc1OCC(=O)O. The van der Waals surface area contributed by atoms with E-state index in [-0.39, 0.29) is 6.61 Å². The molecule has 0 saturated carbocycles. The summed E-state index contributed by atoms with van der Waals surface area (Å²) in [5, 5.41) is 11.3. The molecule has 0 aliphatic carbocycles. The van der Waals surface area contributed by atoms with E-state index in [1.54, 1.807) is 19.2 Å². The first-order valence-corrected chi connectivity index (χ1v) is 3.85. The van der Waals surface area contributed by atoms with E-state index < -0.39 is 5.97 Å². The van der Waals surface area contributed by atoms with Crippen molar-refractivity contribution in [2.75, 3.05) is 19.0 Å². The van der Waals surface area contributed by atoms with Crippen LogP contribution < -0.4 is 10.1 Å². The number of hydrogen-bond acceptors (Lipinski definition) is 3. The van der Waals surface area contributed by atoms with Gasteiger partial charge in [0.15, 0.2) is 6.61 Å². The number of carboxylic acid groups (broad SMARTS) is 1. The summed E-state index contributed by atoms with van der Waals surface area (Å²) < 4.78 is 5.03. The van der Waals surface area contributed by atoms with Crippen LogP contribution in [0.15, 0.2) is 24.3 Å². The maximum atomic E-state index is 10.2. The van der Waals surface area contributed by atoms with Crippen molar-refractivity contribution in [1.82, 2.24) is 0 Å². The third-order valence-electron chi connectivity index (χ3n) is 1.51. The number of ether oxygens (including phenoxy) is 1. The first-order valence-electron chi connectivity index (χ1n) is 3.85. The van der Waals surface area contributed by atoms with Gasteiger partial charge in [-0.15, -0.1) is 0 Å². The fourth-order valence-corrected chi connectivity index (χ4v) is 0.939. The predicted octanol–water partition coefficient (Wildman–Crippen LogP) is 1.19. The van der Waals surface area contributed by atoms with E-state index in [1.165, 1.54) is 0 Å². The van der Waals surface area contributed by atoms with Crippen LogP contribution in [0.4, 0.5) is 5.69 Å². The minimum absolute atomic E-state index is 0.321. The molecule has 0 aliphatic heterocycles. The summed E-state index contributed by atoms with van der Waals surface area (Å²) in [5.41, 5.74) is 0.781. The van der Waals surface area contributed by atoms with E-state index in [2.05, 4.69) is 5.32 Å². The van der Waals surface area contributed by atoms with Gasteiger partial charge in [-0.2, -0.15) is 0 Å². The van der Waals surface area contributed by atoms with Gasteiger partial charge in [0.2, 0.25) is 0 Å². The molecule has 0 radical (unpaired) electrons. The van der Waals surface area contributed by atoms with Gasteiger partial charge >= 0.3 is 5.97 Å². The first-order chi connectivity index (χ1) is 6.24. The Balaban J connectivity index is 2.69. The Hall–Kier alpha value is -1.71. The second kappa shape index (κ2) is 4.35. The molecule has 4 heteroatoms. The summed E-state index contributed by atoms with van der Waals surface area (Å²) in [6, 6.07) is 7.17. The van der Waals surface area contributed by atoms with E-state index in [9.17, 15) is 4.79 Å². The second-order valence-corrected chi connectivity index (χ2v) is 2.43. The van der Waals surface area contributed by atoms with Crippen molar-refractivity contribution >= 4 is 11.7 Å². The maximum Gasteiger partial charge on any atom is 0.341 e. The van der Waals surface area contributed by atoms with Gasteiger partial charge < -0.3 is 15.2 Å². The van der Waals surface area contributed by atoms with Crippen LogP contribution in [0.2, 0.25) is 0 Å². The fraction of sp³-hybridized carbons (Fsp3) is 0.222. The van der Waals surface area contributed by atoms with Crippen molar-refractivity contribution < 1.29 is 14.6 Å². The van der Waals surface area contributed by atoms with Crippen LogP contribution in [0.1, 0.15) is 0 Å². The fourth-order valence-electron chi connectivity index (χ4n) is 0.939. The lowest BCUT2D eigenvalue weighted by atomic mass is 10.3. The van der Waals surface area contributed by atoms with Crippen LogP contribution in [0, 0.1) is 0 Å². The summed E-state index contributed by atoms with van der Waals surface area (Å²) in [6.45, 7) is -0.321. The highest BCUT2D eigenvalue weighted by molar-refractivity contribution is 5.69. The number of hydrogen-bond donors (Lipinski definition) is 2. The number of para-hydroxylation sites is 2. The molecular formula is C9H11NO3. The molecule has 0 bridgehead atoms. The van der Waals surface area contributed by atoms with Crippen molar-refractivity contribution in [3.05, 3.63) is 24.3 Å². The average molecular weight is 181 g/mol. The van der Waals surface area contributed by atoms with E-state index in [1.807, 2.05) is 12.1 Å². The Morgan fingerprint density at radius 2 is 2.23 bits per heavy atom. The molecule has 4 nitrogen and oxygen atoms in total. The van der Waals surface area contributed by atoms with Gasteiger partial charge in [0, 0.05) is 7.05 Å². The molecule has 13 heavy (non-hydrogen) atoms. The van der Waals surface area contributed by atoms with Gasteiger partial charge in [-0.25, -0.2) is 4.79 Å². The van der Waals surface area contributed by atoms with Crippen LogP contribution in [0.25, 0.3) is 0 Å². The zero-order valence-corrected chi connectivity index (χ0v) is 7.28. The van der Waals surface area contributed by atoms with Gasteiger partial charge in [0.1, 0.15) is 5.75 Å². The number of anilines is 1. The molecular weight excluding hydrogens is 170 g/mol. The highest BCUT2D eigenvalue weighted by atomic mass is 16.5. The summed E-state index contributed by atoms with van der Waals surface area (Å²) in [4.78, 5) is 10.2. The third kappa shape index (κ3) is 2.66. The largest absolute Gasteiger partial charge is 0.480 e. The molecule has 0 unspecified atom stereocenters. The van der Waals surface area contributed by atoms with Gasteiger partial charge in [0.05, 0.1) is 5.69 Å². The lowest BCUT2D eigenvalue weighted by Gasteiger charge is -2.08. The average Bonchev–Trinajstić information content (AvgIpc) is 2.15. The number of carbonyl (C=O) groups is 1. The summed E-state index contributed by atoms with van der Waals surface area (Å²) in [5.74, 6) is -0.432. The van der Waals surface area contributed by atoms with Crippen molar-refractivity contribution in [1.29, 1.82) is 0 Å². The van der Waals surface area contributed by atoms with E-state index in [0.29, 0.717) is 5.75 Å². The lowest BCUT2D eigenvalue weighted by molar-refractivity contribution is -0.139. The molecule has 0 saturated heterocycles. The monoisotopic (exact) mass is 181 g/mol. The molecule has 1 aromatic rings. The number of aliphatic carboxylic acids is 1. The first kappa shape index (κ1) is 9.38. The molecule has 70 valence electrons. The van der Waals surface area contributed by atoms with Crippen molar-refractivity contribution in [2.45, 2.75) is 0 Å². The van der Waals surface area contributed by atoms with Gasteiger partial charge in [0.25, 0.3) is 0 Å².